The minimum Gasteiger partial charge on any atom is -0.350 e. The third-order valence-electron chi connectivity index (χ3n) is 4.14. The molecule has 1 aliphatic carbocycles. The Hall–Kier alpha value is -2.10. The molecule has 0 aliphatic heterocycles. The number of H-pyrrole nitrogens is 1. The molecule has 0 radical (unpaired) electrons. The van der Waals surface area contributed by atoms with Gasteiger partial charge in [-0.2, -0.15) is 5.10 Å². The smallest absolute Gasteiger partial charge is 0.226 e. The van der Waals surface area contributed by atoms with Gasteiger partial charge in [0.25, 0.3) is 0 Å². The third-order valence-corrected chi connectivity index (χ3v) is 4.14. The van der Waals surface area contributed by atoms with E-state index < -0.39 is 0 Å². The molecular weight excluding hydrogens is 262 g/mol. The predicted molar refractivity (Wildman–Crippen MR) is 84.0 cm³/mol. The molecule has 0 bridgehead atoms. The fraction of sp³-hybridized carbons (Fsp3) is 0.412. The first-order valence-electron chi connectivity index (χ1n) is 7.64. The van der Waals surface area contributed by atoms with Crippen molar-refractivity contribution in [2.75, 3.05) is 0 Å². The topological polar surface area (TPSA) is 57.8 Å². The average Bonchev–Trinajstić information content (AvgIpc) is 2.91. The Morgan fingerprint density at radius 3 is 3.05 bits per heavy atom. The zero-order valence-electron chi connectivity index (χ0n) is 12.4. The number of rotatable bonds is 4. The first-order valence-corrected chi connectivity index (χ1v) is 7.64. The Morgan fingerprint density at radius 1 is 1.38 bits per heavy atom. The summed E-state index contributed by atoms with van der Waals surface area (Å²) in [6, 6.07) is 7.99. The van der Waals surface area contributed by atoms with Crippen LogP contribution >= 0.6 is 0 Å². The number of carbonyl (C=O) groups excluding carboxylic acids is 1. The van der Waals surface area contributed by atoms with Crippen LogP contribution in [-0.4, -0.2) is 22.1 Å². The van der Waals surface area contributed by atoms with Crippen LogP contribution in [0.1, 0.15) is 38.3 Å². The number of fused-ring (bicyclic) bond motifs is 1. The molecule has 2 aromatic rings. The lowest BCUT2D eigenvalue weighted by Gasteiger charge is -2.20. The Morgan fingerprint density at radius 2 is 2.24 bits per heavy atom. The van der Waals surface area contributed by atoms with Crippen LogP contribution in [0.3, 0.4) is 0 Å². The third kappa shape index (κ3) is 3.15. The van der Waals surface area contributed by atoms with Gasteiger partial charge < -0.3 is 5.32 Å². The number of para-hydroxylation sites is 1. The quantitative estimate of drug-likeness (QED) is 0.847. The minimum atomic E-state index is 0.0448. The molecule has 1 aliphatic rings. The molecule has 1 unspecified atom stereocenters. The molecule has 0 saturated carbocycles. The number of amides is 1. The van der Waals surface area contributed by atoms with Crippen molar-refractivity contribution in [2.45, 2.75) is 45.1 Å². The minimum absolute atomic E-state index is 0.0448. The lowest BCUT2D eigenvalue weighted by atomic mass is 9.94. The fourth-order valence-electron chi connectivity index (χ4n) is 2.95. The molecule has 1 aromatic carbocycles. The molecule has 1 atom stereocenters. The molecule has 1 heterocycles. The largest absolute Gasteiger partial charge is 0.350 e. The summed E-state index contributed by atoms with van der Waals surface area (Å²) >= 11 is 0. The second-order valence-electron chi connectivity index (χ2n) is 5.71. The summed E-state index contributed by atoms with van der Waals surface area (Å²) < 4.78 is 0. The van der Waals surface area contributed by atoms with Crippen LogP contribution in [0.2, 0.25) is 0 Å². The molecule has 4 heteroatoms. The summed E-state index contributed by atoms with van der Waals surface area (Å²) in [5, 5.41) is 11.3. The molecule has 4 nitrogen and oxygen atoms in total. The van der Waals surface area contributed by atoms with E-state index in [-0.39, 0.29) is 11.9 Å². The zero-order valence-corrected chi connectivity index (χ0v) is 12.4. The molecule has 1 amide bonds. The van der Waals surface area contributed by atoms with Crippen molar-refractivity contribution in [3.63, 3.8) is 0 Å². The van der Waals surface area contributed by atoms with Crippen LogP contribution < -0.4 is 5.32 Å². The Bertz CT molecular complexity index is 671. The number of aromatic amines is 1. The highest BCUT2D eigenvalue weighted by Gasteiger charge is 2.15. The standard InChI is InChI=1S/C17H21N3O/c1-12(13-7-3-2-4-8-13)18-17(21)11-16-14-9-5-6-10-15(14)19-20-16/h5-7,9-10,12H,2-4,8,11H2,1H3,(H,18,21)(H,19,20). The van der Waals surface area contributed by atoms with Crippen molar-refractivity contribution in [1.82, 2.24) is 15.5 Å². The number of nitrogens with zero attached hydrogens (tertiary/aromatic N) is 1. The second-order valence-corrected chi connectivity index (χ2v) is 5.71. The van der Waals surface area contributed by atoms with Gasteiger partial charge in [0.05, 0.1) is 17.6 Å². The number of allylic oxidation sites excluding steroid dienone is 1. The van der Waals surface area contributed by atoms with E-state index in [0.29, 0.717) is 6.42 Å². The van der Waals surface area contributed by atoms with E-state index in [1.54, 1.807) is 0 Å². The van der Waals surface area contributed by atoms with Gasteiger partial charge in [0.2, 0.25) is 5.91 Å². The number of carbonyl (C=O) groups is 1. The lowest BCUT2D eigenvalue weighted by Crippen LogP contribution is -2.35. The van der Waals surface area contributed by atoms with Gasteiger partial charge >= 0.3 is 0 Å². The molecule has 21 heavy (non-hydrogen) atoms. The van der Waals surface area contributed by atoms with E-state index in [2.05, 4.69) is 28.5 Å². The number of nitrogens with one attached hydrogen (secondary N) is 2. The van der Waals surface area contributed by atoms with Crippen molar-refractivity contribution >= 4 is 16.8 Å². The molecule has 2 N–H and O–H groups in total. The van der Waals surface area contributed by atoms with Crippen molar-refractivity contribution in [2.24, 2.45) is 0 Å². The van der Waals surface area contributed by atoms with Crippen LogP contribution in [-0.2, 0) is 11.2 Å². The molecule has 0 saturated heterocycles. The van der Waals surface area contributed by atoms with Gasteiger partial charge in [0.15, 0.2) is 0 Å². The number of hydrogen-bond acceptors (Lipinski definition) is 2. The maximum absolute atomic E-state index is 12.2. The van der Waals surface area contributed by atoms with E-state index in [9.17, 15) is 4.79 Å². The summed E-state index contributed by atoms with van der Waals surface area (Å²) in [5.74, 6) is 0.0448. The molecule has 0 fully saturated rings. The van der Waals surface area contributed by atoms with E-state index in [1.807, 2.05) is 24.3 Å². The van der Waals surface area contributed by atoms with Crippen molar-refractivity contribution < 1.29 is 4.79 Å². The van der Waals surface area contributed by atoms with Crippen LogP contribution in [0.25, 0.3) is 10.9 Å². The summed E-state index contributed by atoms with van der Waals surface area (Å²) in [6.45, 7) is 2.07. The van der Waals surface area contributed by atoms with Gasteiger partial charge in [-0.05, 0) is 38.7 Å². The van der Waals surface area contributed by atoms with E-state index in [1.165, 1.54) is 18.4 Å². The highest BCUT2D eigenvalue weighted by atomic mass is 16.1. The van der Waals surface area contributed by atoms with Crippen LogP contribution in [0.5, 0.6) is 0 Å². The van der Waals surface area contributed by atoms with Gasteiger partial charge in [-0.15, -0.1) is 0 Å². The predicted octanol–water partition coefficient (Wildman–Crippen LogP) is 3.11. The summed E-state index contributed by atoms with van der Waals surface area (Å²) in [4.78, 5) is 12.2. The van der Waals surface area contributed by atoms with E-state index >= 15 is 0 Å². The fourth-order valence-corrected chi connectivity index (χ4v) is 2.95. The maximum Gasteiger partial charge on any atom is 0.226 e. The molecule has 1 aromatic heterocycles. The van der Waals surface area contributed by atoms with Gasteiger partial charge in [0, 0.05) is 11.4 Å². The average molecular weight is 283 g/mol. The monoisotopic (exact) mass is 283 g/mol. The number of hydrogen-bond donors (Lipinski definition) is 2. The molecule has 0 spiro atoms. The van der Waals surface area contributed by atoms with Gasteiger partial charge in [-0.25, -0.2) is 0 Å². The Kier molecular flexibility index (Phi) is 4.04. The highest BCUT2D eigenvalue weighted by Crippen LogP contribution is 2.20. The second kappa shape index (κ2) is 6.12. The normalized spacial score (nSPS) is 16.5. The number of aromatic nitrogens is 2. The summed E-state index contributed by atoms with van der Waals surface area (Å²) in [7, 11) is 0. The van der Waals surface area contributed by atoms with Gasteiger partial charge in [-0.1, -0.05) is 29.8 Å². The van der Waals surface area contributed by atoms with Gasteiger partial charge in [-0.3, -0.25) is 9.89 Å². The molecule has 110 valence electrons. The molecular formula is C17H21N3O. The van der Waals surface area contributed by atoms with Crippen molar-refractivity contribution in [1.29, 1.82) is 0 Å². The number of benzene rings is 1. The van der Waals surface area contributed by atoms with Crippen molar-refractivity contribution in [3.8, 4) is 0 Å². The van der Waals surface area contributed by atoms with Gasteiger partial charge in [0.1, 0.15) is 0 Å². The summed E-state index contributed by atoms with van der Waals surface area (Å²) in [5.41, 5.74) is 3.15. The first-order chi connectivity index (χ1) is 10.2. The van der Waals surface area contributed by atoms with E-state index in [0.717, 1.165) is 29.4 Å². The highest BCUT2D eigenvalue weighted by molar-refractivity contribution is 5.87. The Balaban J connectivity index is 1.65. The summed E-state index contributed by atoms with van der Waals surface area (Å²) in [6.07, 6.45) is 7.37. The van der Waals surface area contributed by atoms with Crippen LogP contribution in [0, 0.1) is 0 Å². The first kappa shape index (κ1) is 13.9. The van der Waals surface area contributed by atoms with Crippen molar-refractivity contribution in [3.05, 3.63) is 41.6 Å². The van der Waals surface area contributed by atoms with Crippen LogP contribution in [0.4, 0.5) is 0 Å². The lowest BCUT2D eigenvalue weighted by molar-refractivity contribution is -0.120. The Labute approximate surface area is 124 Å². The molecule has 3 rings (SSSR count). The SMILES string of the molecule is CC(NC(=O)Cc1[nH]nc2ccccc12)C1=CCCCC1. The van der Waals surface area contributed by atoms with Crippen LogP contribution in [0.15, 0.2) is 35.9 Å². The van der Waals surface area contributed by atoms with E-state index in [4.69, 9.17) is 0 Å². The zero-order chi connectivity index (χ0) is 14.7. The maximum atomic E-state index is 12.2.